The number of aromatic nitrogens is 1. The van der Waals surface area contributed by atoms with Gasteiger partial charge in [0.15, 0.2) is 0 Å². The molecule has 1 fully saturated rings. The Morgan fingerprint density at radius 3 is 2.90 bits per heavy atom. The Bertz CT molecular complexity index is 994. The Balaban J connectivity index is 1.23. The van der Waals surface area contributed by atoms with Crippen LogP contribution in [0.15, 0.2) is 54.7 Å². The maximum Gasteiger partial charge on any atom is 0.224 e. The molecule has 1 aliphatic rings. The third kappa shape index (κ3) is 5.87. The van der Waals surface area contributed by atoms with E-state index in [9.17, 15) is 4.79 Å². The molecule has 0 aliphatic carbocycles. The van der Waals surface area contributed by atoms with Crippen molar-refractivity contribution >= 4 is 16.8 Å². The molecule has 1 saturated heterocycles. The number of likely N-dealkylation sites (N-methyl/N-ethyl adjacent to an activating group) is 1. The van der Waals surface area contributed by atoms with Crippen LogP contribution in [0.25, 0.3) is 10.9 Å². The van der Waals surface area contributed by atoms with Crippen molar-refractivity contribution in [2.24, 2.45) is 0 Å². The molecule has 2 heterocycles. The van der Waals surface area contributed by atoms with Crippen molar-refractivity contribution < 1.29 is 14.3 Å². The fourth-order valence-electron chi connectivity index (χ4n) is 4.08. The smallest absolute Gasteiger partial charge is 0.224 e. The minimum atomic E-state index is 0.00848. The lowest BCUT2D eigenvalue weighted by Crippen LogP contribution is -2.38. The Labute approximate surface area is 183 Å². The minimum Gasteiger partial charge on any atom is -0.492 e. The van der Waals surface area contributed by atoms with Crippen LogP contribution < -0.4 is 10.1 Å². The van der Waals surface area contributed by atoms with Crippen LogP contribution in [0.5, 0.6) is 5.75 Å². The highest BCUT2D eigenvalue weighted by Gasteiger charge is 2.18. The molecule has 1 aromatic heterocycles. The van der Waals surface area contributed by atoms with Gasteiger partial charge in [0.05, 0.1) is 6.42 Å². The summed E-state index contributed by atoms with van der Waals surface area (Å²) in [4.78, 5) is 18.0. The van der Waals surface area contributed by atoms with Crippen LogP contribution in [0.2, 0.25) is 0 Å². The fraction of sp³-hybridized carbons (Fsp3) is 0.400. The van der Waals surface area contributed by atoms with Crippen molar-refractivity contribution in [2.75, 3.05) is 33.4 Å². The molecule has 3 aromatic rings. The molecule has 31 heavy (non-hydrogen) atoms. The van der Waals surface area contributed by atoms with Crippen LogP contribution in [-0.2, 0) is 22.5 Å². The van der Waals surface area contributed by atoms with Gasteiger partial charge in [0.2, 0.25) is 5.91 Å². The number of hydrogen-bond acceptors (Lipinski definition) is 4. The van der Waals surface area contributed by atoms with Gasteiger partial charge in [-0.2, -0.15) is 0 Å². The number of nitrogens with one attached hydrogen (secondary N) is 2. The number of fused-ring (bicyclic) bond motifs is 1. The third-order valence-corrected chi connectivity index (χ3v) is 5.94. The molecule has 0 unspecified atom stereocenters. The van der Waals surface area contributed by atoms with E-state index in [-0.39, 0.29) is 5.91 Å². The third-order valence-electron chi connectivity index (χ3n) is 5.94. The molecule has 6 nitrogen and oxygen atoms in total. The lowest BCUT2D eigenvalue weighted by atomic mass is 10.1. The van der Waals surface area contributed by atoms with Gasteiger partial charge in [-0.05, 0) is 49.2 Å². The van der Waals surface area contributed by atoms with Crippen LogP contribution >= 0.6 is 0 Å². The van der Waals surface area contributed by atoms with Crippen molar-refractivity contribution in [1.29, 1.82) is 0 Å². The standard InChI is InChI=1S/C25H31N3O3/c1-28(21-9-12-30-13-10-21)11-14-31-22-6-4-5-19(15-22)17-27-25(29)16-20-18-26-24-8-3-2-7-23(20)24/h2-8,15,18,21,26H,9-14,16-17H2,1H3,(H,27,29). The van der Waals surface area contributed by atoms with Gasteiger partial charge in [0.25, 0.3) is 0 Å². The number of hydrogen-bond donors (Lipinski definition) is 2. The lowest BCUT2D eigenvalue weighted by molar-refractivity contribution is -0.120. The number of amides is 1. The molecular weight excluding hydrogens is 390 g/mol. The normalized spacial score (nSPS) is 14.8. The van der Waals surface area contributed by atoms with Crippen LogP contribution in [0.4, 0.5) is 0 Å². The number of H-pyrrole nitrogens is 1. The highest BCUT2D eigenvalue weighted by molar-refractivity contribution is 5.88. The first-order chi connectivity index (χ1) is 15.2. The van der Waals surface area contributed by atoms with Gasteiger partial charge in [-0.25, -0.2) is 0 Å². The van der Waals surface area contributed by atoms with Crippen molar-refractivity contribution in [3.63, 3.8) is 0 Å². The van der Waals surface area contributed by atoms with Crippen LogP contribution in [0.1, 0.15) is 24.0 Å². The molecule has 2 aromatic carbocycles. The Hall–Kier alpha value is -2.83. The second kappa shape index (κ2) is 10.5. The van der Waals surface area contributed by atoms with Gasteiger partial charge in [0, 0.05) is 49.4 Å². The van der Waals surface area contributed by atoms with E-state index in [1.54, 1.807) is 0 Å². The molecule has 164 valence electrons. The summed E-state index contributed by atoms with van der Waals surface area (Å²) in [5.41, 5.74) is 3.10. The van der Waals surface area contributed by atoms with E-state index in [1.807, 2.05) is 54.7 Å². The van der Waals surface area contributed by atoms with E-state index in [0.717, 1.165) is 60.4 Å². The highest BCUT2D eigenvalue weighted by Crippen LogP contribution is 2.18. The number of para-hydroxylation sites is 1. The molecule has 4 rings (SSSR count). The zero-order chi connectivity index (χ0) is 21.5. The number of carbonyl (C=O) groups excluding carboxylic acids is 1. The second-order valence-electron chi connectivity index (χ2n) is 8.13. The van der Waals surface area contributed by atoms with Gasteiger partial charge < -0.3 is 19.8 Å². The second-order valence-corrected chi connectivity index (χ2v) is 8.13. The molecule has 0 bridgehead atoms. The van der Waals surface area contributed by atoms with Crippen LogP contribution in [-0.4, -0.2) is 55.2 Å². The fourth-order valence-corrected chi connectivity index (χ4v) is 4.08. The predicted octanol–water partition coefficient (Wildman–Crippen LogP) is 3.52. The summed E-state index contributed by atoms with van der Waals surface area (Å²) in [7, 11) is 2.15. The molecule has 0 atom stereocenters. The monoisotopic (exact) mass is 421 g/mol. The van der Waals surface area contributed by atoms with Crippen LogP contribution in [0, 0.1) is 0 Å². The van der Waals surface area contributed by atoms with E-state index in [2.05, 4.69) is 22.2 Å². The Morgan fingerprint density at radius 1 is 1.19 bits per heavy atom. The first kappa shape index (κ1) is 21.4. The number of nitrogens with zero attached hydrogens (tertiary/aromatic N) is 1. The molecule has 1 amide bonds. The molecule has 0 spiro atoms. The van der Waals surface area contributed by atoms with E-state index < -0.39 is 0 Å². The summed E-state index contributed by atoms with van der Waals surface area (Å²) in [5, 5.41) is 4.11. The number of rotatable bonds is 9. The largest absolute Gasteiger partial charge is 0.492 e. The van der Waals surface area contributed by atoms with Crippen molar-refractivity contribution in [2.45, 2.75) is 31.8 Å². The molecule has 2 N–H and O–H groups in total. The zero-order valence-electron chi connectivity index (χ0n) is 18.1. The maximum atomic E-state index is 12.4. The number of carbonyl (C=O) groups is 1. The van der Waals surface area contributed by atoms with Gasteiger partial charge in [-0.15, -0.1) is 0 Å². The summed E-state index contributed by atoms with van der Waals surface area (Å²) in [5.74, 6) is 0.845. The van der Waals surface area contributed by atoms with Crippen molar-refractivity contribution in [3.8, 4) is 5.75 Å². The maximum absolute atomic E-state index is 12.4. The summed E-state index contributed by atoms with van der Waals surface area (Å²) in [6, 6.07) is 16.6. The van der Waals surface area contributed by atoms with Gasteiger partial charge >= 0.3 is 0 Å². The van der Waals surface area contributed by atoms with Gasteiger partial charge in [-0.1, -0.05) is 30.3 Å². The molecule has 0 radical (unpaired) electrons. The lowest BCUT2D eigenvalue weighted by Gasteiger charge is -2.31. The van der Waals surface area contributed by atoms with Gasteiger partial charge in [-0.3, -0.25) is 9.69 Å². The summed E-state index contributed by atoms with van der Waals surface area (Å²) in [6.45, 7) is 3.72. The van der Waals surface area contributed by atoms with Crippen LogP contribution in [0.3, 0.4) is 0 Å². The molecule has 6 heteroatoms. The zero-order valence-corrected chi connectivity index (χ0v) is 18.1. The topological polar surface area (TPSA) is 66.6 Å². The summed E-state index contributed by atoms with van der Waals surface area (Å²) < 4.78 is 11.4. The average Bonchev–Trinajstić information content (AvgIpc) is 3.21. The number of benzene rings is 2. The summed E-state index contributed by atoms with van der Waals surface area (Å²) >= 11 is 0. The Kier molecular flexibility index (Phi) is 7.22. The average molecular weight is 422 g/mol. The van der Waals surface area contributed by atoms with Gasteiger partial charge in [0.1, 0.15) is 12.4 Å². The molecule has 1 aliphatic heterocycles. The van der Waals surface area contributed by atoms with E-state index in [0.29, 0.717) is 25.6 Å². The van der Waals surface area contributed by atoms with Crippen molar-refractivity contribution in [1.82, 2.24) is 15.2 Å². The Morgan fingerprint density at radius 2 is 2.03 bits per heavy atom. The number of aromatic amines is 1. The molecular formula is C25H31N3O3. The predicted molar refractivity (Wildman–Crippen MR) is 122 cm³/mol. The quantitative estimate of drug-likeness (QED) is 0.555. The SMILES string of the molecule is CN(CCOc1cccc(CNC(=O)Cc2c[nH]c3ccccc23)c1)C1CCOCC1. The first-order valence-corrected chi connectivity index (χ1v) is 11.0. The van der Waals surface area contributed by atoms with Crippen molar-refractivity contribution in [3.05, 3.63) is 65.9 Å². The van der Waals surface area contributed by atoms with E-state index >= 15 is 0 Å². The number of ether oxygens (including phenoxy) is 2. The van der Waals surface area contributed by atoms with E-state index in [1.165, 1.54) is 0 Å². The molecule has 0 saturated carbocycles. The minimum absolute atomic E-state index is 0.00848. The highest BCUT2D eigenvalue weighted by atomic mass is 16.5. The van der Waals surface area contributed by atoms with E-state index in [4.69, 9.17) is 9.47 Å². The summed E-state index contributed by atoms with van der Waals surface area (Å²) in [6.07, 6.45) is 4.45. The first-order valence-electron chi connectivity index (χ1n) is 11.0.